The lowest BCUT2D eigenvalue weighted by Gasteiger charge is -2.11. The van der Waals surface area contributed by atoms with Gasteiger partial charge in [-0.25, -0.2) is 9.18 Å². The maximum absolute atomic E-state index is 13.3. The molecule has 0 spiro atoms. The molecule has 0 heterocycles. The van der Waals surface area contributed by atoms with Crippen LogP contribution in [0.15, 0.2) is 36.4 Å². The van der Waals surface area contributed by atoms with Crippen molar-refractivity contribution in [1.82, 2.24) is 0 Å². The minimum Gasteiger partial charge on any atom is -0.478 e. The molecule has 0 aliphatic rings. The van der Waals surface area contributed by atoms with Gasteiger partial charge in [0.05, 0.1) is 11.3 Å². The van der Waals surface area contributed by atoms with Crippen LogP contribution in [0.4, 0.5) is 21.5 Å². The summed E-state index contributed by atoms with van der Waals surface area (Å²) in [5.41, 5.74) is 7.56. The van der Waals surface area contributed by atoms with E-state index in [-0.39, 0.29) is 11.4 Å². The van der Waals surface area contributed by atoms with Crippen LogP contribution in [-0.2, 0) is 0 Å². The first-order chi connectivity index (χ1) is 8.95. The summed E-state index contributed by atoms with van der Waals surface area (Å²) in [4.78, 5) is 11.1. The van der Waals surface area contributed by atoms with E-state index in [1.165, 1.54) is 18.2 Å². The average Bonchev–Trinajstić information content (AvgIpc) is 2.30. The van der Waals surface area contributed by atoms with Crippen molar-refractivity contribution in [2.24, 2.45) is 0 Å². The molecule has 0 aliphatic carbocycles. The van der Waals surface area contributed by atoms with Crippen molar-refractivity contribution < 1.29 is 14.3 Å². The smallest absolute Gasteiger partial charge is 0.337 e. The first-order valence-electron chi connectivity index (χ1n) is 5.63. The van der Waals surface area contributed by atoms with Gasteiger partial charge in [0, 0.05) is 11.4 Å². The topological polar surface area (TPSA) is 75.3 Å². The van der Waals surface area contributed by atoms with E-state index in [2.05, 4.69) is 5.32 Å². The summed E-state index contributed by atoms with van der Waals surface area (Å²) in [7, 11) is 0. The molecule has 2 aromatic carbocycles. The Morgan fingerprint density at radius 3 is 2.63 bits per heavy atom. The summed E-state index contributed by atoms with van der Waals surface area (Å²) in [5, 5.41) is 12.0. The molecular weight excluding hydrogens is 247 g/mol. The molecule has 0 unspecified atom stereocenters. The molecule has 98 valence electrons. The third kappa shape index (κ3) is 3.01. The number of nitrogens with two attached hydrogens (primary N) is 1. The molecule has 4 nitrogen and oxygen atoms in total. The third-order valence-corrected chi connectivity index (χ3v) is 2.60. The second kappa shape index (κ2) is 4.97. The monoisotopic (exact) mass is 260 g/mol. The second-order valence-corrected chi connectivity index (χ2v) is 4.25. The van der Waals surface area contributed by atoms with E-state index in [0.717, 1.165) is 5.56 Å². The van der Waals surface area contributed by atoms with Gasteiger partial charge in [-0.15, -0.1) is 0 Å². The minimum absolute atomic E-state index is 0.0434. The predicted molar refractivity (Wildman–Crippen MR) is 72.2 cm³/mol. The Morgan fingerprint density at radius 2 is 2.00 bits per heavy atom. The van der Waals surface area contributed by atoms with Crippen molar-refractivity contribution in [3.05, 3.63) is 53.3 Å². The van der Waals surface area contributed by atoms with Crippen molar-refractivity contribution in [2.75, 3.05) is 11.1 Å². The number of nitrogens with one attached hydrogen (secondary N) is 1. The lowest BCUT2D eigenvalue weighted by Crippen LogP contribution is -2.04. The van der Waals surface area contributed by atoms with Crippen LogP contribution in [0, 0.1) is 12.7 Å². The van der Waals surface area contributed by atoms with Crippen molar-refractivity contribution in [2.45, 2.75) is 6.92 Å². The highest BCUT2D eigenvalue weighted by molar-refractivity contribution is 5.96. The Labute approximate surface area is 109 Å². The summed E-state index contributed by atoms with van der Waals surface area (Å²) in [5.74, 6) is -1.47. The summed E-state index contributed by atoms with van der Waals surface area (Å²) in [6, 6.07) is 8.92. The Morgan fingerprint density at radius 1 is 1.26 bits per heavy atom. The summed E-state index contributed by atoms with van der Waals surface area (Å²) in [6.07, 6.45) is 0. The number of hydrogen-bond donors (Lipinski definition) is 3. The molecule has 0 radical (unpaired) electrons. The lowest BCUT2D eigenvalue weighted by molar-refractivity contribution is 0.0698. The van der Waals surface area contributed by atoms with Crippen LogP contribution in [0.2, 0.25) is 0 Å². The van der Waals surface area contributed by atoms with Gasteiger partial charge in [0.15, 0.2) is 0 Å². The number of benzene rings is 2. The van der Waals surface area contributed by atoms with Crippen LogP contribution in [0.3, 0.4) is 0 Å². The zero-order chi connectivity index (χ0) is 14.0. The molecule has 0 saturated heterocycles. The standard InChI is InChI=1S/C14H13FN2O2/c1-8-4-9(15)6-11(5-8)17-13-3-2-10(16)7-12(13)14(18)19/h2-7,17H,16H2,1H3,(H,18,19). The fourth-order valence-electron chi connectivity index (χ4n) is 1.81. The lowest BCUT2D eigenvalue weighted by atomic mass is 10.1. The zero-order valence-corrected chi connectivity index (χ0v) is 10.3. The van der Waals surface area contributed by atoms with E-state index in [4.69, 9.17) is 10.8 Å². The zero-order valence-electron chi connectivity index (χ0n) is 10.3. The molecule has 0 bridgehead atoms. The van der Waals surface area contributed by atoms with Crippen molar-refractivity contribution >= 4 is 23.0 Å². The van der Waals surface area contributed by atoms with Crippen LogP contribution in [-0.4, -0.2) is 11.1 Å². The molecule has 0 atom stereocenters. The molecule has 0 aromatic heterocycles. The highest BCUT2D eigenvalue weighted by Crippen LogP contribution is 2.24. The minimum atomic E-state index is -1.09. The van der Waals surface area contributed by atoms with Crippen LogP contribution < -0.4 is 11.1 Å². The van der Waals surface area contributed by atoms with Crippen molar-refractivity contribution in [3.8, 4) is 0 Å². The third-order valence-electron chi connectivity index (χ3n) is 2.60. The van der Waals surface area contributed by atoms with E-state index in [1.54, 1.807) is 25.1 Å². The summed E-state index contributed by atoms with van der Waals surface area (Å²) >= 11 is 0. The normalized spacial score (nSPS) is 10.2. The maximum Gasteiger partial charge on any atom is 0.337 e. The molecule has 0 fully saturated rings. The molecule has 0 saturated carbocycles. The number of aromatic carboxylic acids is 1. The number of hydrogen-bond acceptors (Lipinski definition) is 3. The van der Waals surface area contributed by atoms with Gasteiger partial charge in [0.2, 0.25) is 0 Å². The van der Waals surface area contributed by atoms with E-state index >= 15 is 0 Å². The van der Waals surface area contributed by atoms with E-state index in [0.29, 0.717) is 17.1 Å². The Bertz CT molecular complexity index is 621. The molecule has 19 heavy (non-hydrogen) atoms. The van der Waals surface area contributed by atoms with Gasteiger partial charge in [0.1, 0.15) is 5.82 Å². The van der Waals surface area contributed by atoms with Gasteiger partial charge < -0.3 is 16.2 Å². The van der Waals surface area contributed by atoms with Gasteiger partial charge in [-0.05, 0) is 48.9 Å². The van der Waals surface area contributed by atoms with Gasteiger partial charge in [-0.1, -0.05) is 0 Å². The molecule has 0 aliphatic heterocycles. The van der Waals surface area contributed by atoms with Crippen LogP contribution in [0.25, 0.3) is 0 Å². The first kappa shape index (κ1) is 12.9. The van der Waals surface area contributed by atoms with Gasteiger partial charge >= 0.3 is 5.97 Å². The van der Waals surface area contributed by atoms with Crippen molar-refractivity contribution in [1.29, 1.82) is 0 Å². The molecule has 4 N–H and O–H groups in total. The number of nitrogen functional groups attached to an aromatic ring is 1. The van der Waals surface area contributed by atoms with Crippen LogP contribution in [0.1, 0.15) is 15.9 Å². The second-order valence-electron chi connectivity index (χ2n) is 4.25. The largest absolute Gasteiger partial charge is 0.478 e. The molecule has 2 aromatic rings. The maximum atomic E-state index is 13.3. The summed E-state index contributed by atoms with van der Waals surface area (Å²) < 4.78 is 13.3. The van der Waals surface area contributed by atoms with Gasteiger partial charge in [0.25, 0.3) is 0 Å². The van der Waals surface area contributed by atoms with E-state index in [1.807, 2.05) is 0 Å². The highest BCUT2D eigenvalue weighted by atomic mass is 19.1. The predicted octanol–water partition coefficient (Wildman–Crippen LogP) is 3.16. The number of aryl methyl sites for hydroxylation is 1. The van der Waals surface area contributed by atoms with E-state index < -0.39 is 5.97 Å². The average molecular weight is 260 g/mol. The highest BCUT2D eigenvalue weighted by Gasteiger charge is 2.11. The number of carbonyl (C=O) groups is 1. The van der Waals surface area contributed by atoms with Gasteiger partial charge in [-0.3, -0.25) is 0 Å². The molecule has 0 amide bonds. The fraction of sp³-hybridized carbons (Fsp3) is 0.0714. The number of carboxylic acids is 1. The molecule has 5 heteroatoms. The van der Waals surface area contributed by atoms with Crippen LogP contribution >= 0.6 is 0 Å². The Hall–Kier alpha value is -2.56. The number of halogens is 1. The van der Waals surface area contributed by atoms with E-state index in [9.17, 15) is 9.18 Å². The number of rotatable bonds is 3. The number of anilines is 3. The van der Waals surface area contributed by atoms with Gasteiger partial charge in [-0.2, -0.15) is 0 Å². The van der Waals surface area contributed by atoms with Crippen molar-refractivity contribution in [3.63, 3.8) is 0 Å². The first-order valence-corrected chi connectivity index (χ1v) is 5.63. The number of carboxylic acid groups (broad SMARTS) is 1. The SMILES string of the molecule is Cc1cc(F)cc(Nc2ccc(N)cc2C(=O)O)c1. The Kier molecular flexibility index (Phi) is 3.37. The fourth-order valence-corrected chi connectivity index (χ4v) is 1.81. The molecule has 2 rings (SSSR count). The summed E-state index contributed by atoms with van der Waals surface area (Å²) in [6.45, 7) is 1.76. The Balaban J connectivity index is 2.40. The molecular formula is C14H13FN2O2. The van der Waals surface area contributed by atoms with Crippen LogP contribution in [0.5, 0.6) is 0 Å². The quantitative estimate of drug-likeness (QED) is 0.741.